The van der Waals surface area contributed by atoms with Crippen molar-refractivity contribution in [2.24, 2.45) is 0 Å². The van der Waals surface area contributed by atoms with Crippen LogP contribution in [0.2, 0.25) is 0 Å². The second-order valence-electron chi connectivity index (χ2n) is 9.17. The Morgan fingerprint density at radius 1 is 1.08 bits per heavy atom. The number of urea groups is 1. The lowest BCUT2D eigenvalue weighted by Crippen LogP contribution is -2.42. The van der Waals surface area contributed by atoms with Gasteiger partial charge in [-0.3, -0.25) is 5.10 Å². The monoisotopic (exact) mass is 519 g/mol. The number of H-pyrrole nitrogens is 1. The molecule has 1 aliphatic rings. The number of hydrogen-bond acceptors (Lipinski definition) is 6. The number of nitrogens with one attached hydrogen (secondary N) is 2. The highest BCUT2D eigenvalue weighted by Crippen LogP contribution is 2.12. The highest BCUT2D eigenvalue weighted by atomic mass is 32.2. The van der Waals surface area contributed by atoms with Gasteiger partial charge in [0.15, 0.2) is 5.82 Å². The van der Waals surface area contributed by atoms with Crippen molar-refractivity contribution in [3.05, 3.63) is 47.5 Å². The maximum absolute atomic E-state index is 13.3. The van der Waals surface area contributed by atoms with Gasteiger partial charge in [0, 0.05) is 19.6 Å². The minimum absolute atomic E-state index is 0.0885. The Labute approximate surface area is 215 Å². The summed E-state index contributed by atoms with van der Waals surface area (Å²) in [6.07, 6.45) is 4.41. The smallest absolute Gasteiger partial charge is 0.317 e. The lowest BCUT2D eigenvalue weighted by atomic mass is 10.1. The van der Waals surface area contributed by atoms with Crippen molar-refractivity contribution in [1.82, 2.24) is 34.6 Å². The zero-order valence-corrected chi connectivity index (χ0v) is 22.5. The normalized spacial score (nSPS) is 14.5. The van der Waals surface area contributed by atoms with E-state index in [0.29, 0.717) is 31.0 Å². The predicted molar refractivity (Wildman–Crippen MR) is 141 cm³/mol. The molecular weight excluding hydrogens is 478 g/mol. The second-order valence-corrected chi connectivity index (χ2v) is 11.3. The van der Waals surface area contributed by atoms with Crippen molar-refractivity contribution in [3.8, 4) is 0 Å². The molecular formula is C25H41N7O3S. The molecule has 2 N–H and O–H groups in total. The second kappa shape index (κ2) is 14.3. The summed E-state index contributed by atoms with van der Waals surface area (Å²) in [5, 5.41) is 9.93. The lowest BCUT2D eigenvalue weighted by molar-refractivity contribution is 0.186. The largest absolute Gasteiger partial charge is 0.331 e. The molecule has 0 bridgehead atoms. The van der Waals surface area contributed by atoms with E-state index < -0.39 is 10.0 Å². The summed E-state index contributed by atoms with van der Waals surface area (Å²) in [6, 6.07) is 9.76. The van der Waals surface area contributed by atoms with Crippen molar-refractivity contribution in [2.45, 2.75) is 59.0 Å². The van der Waals surface area contributed by atoms with Crippen LogP contribution < -0.4 is 5.32 Å². The van der Waals surface area contributed by atoms with Crippen molar-refractivity contribution in [3.63, 3.8) is 0 Å². The fraction of sp³-hybridized carbons (Fsp3) is 0.640. The summed E-state index contributed by atoms with van der Waals surface area (Å²) in [4.78, 5) is 20.9. The molecule has 0 atom stereocenters. The van der Waals surface area contributed by atoms with E-state index in [-0.39, 0.29) is 24.9 Å². The van der Waals surface area contributed by atoms with E-state index in [2.05, 4.69) is 39.2 Å². The molecule has 3 rings (SSSR count). The highest BCUT2D eigenvalue weighted by Gasteiger charge is 2.24. The third-order valence-electron chi connectivity index (χ3n) is 6.60. The zero-order chi connectivity index (χ0) is 25.8. The van der Waals surface area contributed by atoms with Gasteiger partial charge in [0.2, 0.25) is 10.0 Å². The van der Waals surface area contributed by atoms with Crippen molar-refractivity contribution in [2.75, 3.05) is 45.0 Å². The molecule has 36 heavy (non-hydrogen) atoms. The third-order valence-corrected chi connectivity index (χ3v) is 8.51. The van der Waals surface area contributed by atoms with Gasteiger partial charge in [-0.05, 0) is 57.3 Å². The topological polar surface area (TPSA) is 115 Å². The van der Waals surface area contributed by atoms with Crippen LogP contribution in [0.3, 0.4) is 0 Å². The third kappa shape index (κ3) is 8.86. The van der Waals surface area contributed by atoms with Crippen LogP contribution in [0.1, 0.15) is 56.7 Å². The summed E-state index contributed by atoms with van der Waals surface area (Å²) in [7, 11) is -3.49. The van der Waals surface area contributed by atoms with Gasteiger partial charge >= 0.3 is 6.03 Å². The number of carbonyl (C=O) groups is 1. The number of hydrogen-bond donors (Lipinski definition) is 2. The fourth-order valence-corrected chi connectivity index (χ4v) is 5.81. The molecule has 11 heteroatoms. The molecule has 1 aliphatic heterocycles. The Bertz CT molecular complexity index is 1020. The Hall–Kier alpha value is -2.50. The molecule has 200 valence electrons. The number of aromatic amines is 1. The van der Waals surface area contributed by atoms with Crippen LogP contribution in [0.4, 0.5) is 4.79 Å². The first kappa shape index (κ1) is 28.1. The molecule has 10 nitrogen and oxygen atoms in total. The minimum atomic E-state index is -3.49. The van der Waals surface area contributed by atoms with E-state index >= 15 is 0 Å². The molecule has 1 aromatic heterocycles. The van der Waals surface area contributed by atoms with Gasteiger partial charge in [0.25, 0.3) is 0 Å². The molecule has 1 fully saturated rings. The Morgan fingerprint density at radius 2 is 1.81 bits per heavy atom. The maximum Gasteiger partial charge on any atom is 0.317 e. The number of aromatic nitrogens is 3. The van der Waals surface area contributed by atoms with E-state index in [9.17, 15) is 13.2 Å². The van der Waals surface area contributed by atoms with Crippen LogP contribution in [0.5, 0.6) is 0 Å². The van der Waals surface area contributed by atoms with Gasteiger partial charge in [-0.1, -0.05) is 44.2 Å². The van der Waals surface area contributed by atoms with Gasteiger partial charge < -0.3 is 15.1 Å². The van der Waals surface area contributed by atoms with Crippen LogP contribution in [0, 0.1) is 0 Å². The predicted octanol–water partition coefficient (Wildman–Crippen LogP) is 2.61. The SMILES string of the molecule is CCN(CC)CCCS(=O)(=O)N(CCc1ccccc1)Cc1nc(CNC(=O)N2CCCCC2)n[nH]1. The van der Waals surface area contributed by atoms with Crippen molar-refractivity contribution >= 4 is 16.1 Å². The molecule has 2 amide bonds. The van der Waals surface area contributed by atoms with Crippen LogP contribution in [-0.4, -0.2) is 88.8 Å². The summed E-state index contributed by atoms with van der Waals surface area (Å²) >= 11 is 0. The maximum atomic E-state index is 13.3. The summed E-state index contributed by atoms with van der Waals surface area (Å²) < 4.78 is 28.1. The number of likely N-dealkylation sites (tertiary alicyclic amines) is 1. The lowest BCUT2D eigenvalue weighted by Gasteiger charge is -2.26. The number of rotatable bonds is 14. The Kier molecular flexibility index (Phi) is 11.1. The first-order chi connectivity index (χ1) is 17.4. The van der Waals surface area contributed by atoms with Crippen LogP contribution >= 0.6 is 0 Å². The van der Waals surface area contributed by atoms with Crippen LogP contribution in [0.15, 0.2) is 30.3 Å². The summed E-state index contributed by atoms with van der Waals surface area (Å²) in [5.74, 6) is 1.00. The van der Waals surface area contributed by atoms with E-state index in [4.69, 9.17) is 0 Å². The standard InChI is InChI=1S/C25H41N7O3S/c1-3-30(4-2)15-11-19-36(34,35)32(18-14-22-12-7-5-8-13-22)21-24-27-23(28-29-24)20-26-25(33)31-16-9-6-10-17-31/h5,7-8,12-13H,3-4,6,9-11,14-21H2,1-2H3,(H,26,33)(H,27,28,29). The number of carbonyl (C=O) groups excluding carboxylic acids is 1. The molecule has 2 aromatic rings. The molecule has 0 spiro atoms. The number of piperidine rings is 1. The number of benzene rings is 1. The average molecular weight is 520 g/mol. The van der Waals surface area contributed by atoms with Gasteiger partial charge in [-0.15, -0.1) is 0 Å². The van der Waals surface area contributed by atoms with Gasteiger partial charge in [0.1, 0.15) is 5.82 Å². The van der Waals surface area contributed by atoms with Crippen LogP contribution in [0.25, 0.3) is 0 Å². The van der Waals surface area contributed by atoms with Gasteiger partial charge in [-0.25, -0.2) is 18.2 Å². The molecule has 1 saturated heterocycles. The van der Waals surface area contributed by atoms with Gasteiger partial charge in [0.05, 0.1) is 18.8 Å². The van der Waals surface area contributed by atoms with E-state index in [1.807, 2.05) is 35.2 Å². The van der Waals surface area contributed by atoms with Crippen molar-refractivity contribution in [1.29, 1.82) is 0 Å². The average Bonchev–Trinajstić information content (AvgIpc) is 3.36. The molecule has 1 aromatic carbocycles. The van der Waals surface area contributed by atoms with E-state index in [1.54, 1.807) is 0 Å². The summed E-state index contributed by atoms with van der Waals surface area (Å²) in [6.45, 7) is 8.95. The van der Waals surface area contributed by atoms with E-state index in [1.165, 1.54) is 4.31 Å². The first-order valence-electron chi connectivity index (χ1n) is 13.1. The molecule has 2 heterocycles. The van der Waals surface area contributed by atoms with E-state index in [0.717, 1.165) is 57.5 Å². The Morgan fingerprint density at radius 3 is 2.50 bits per heavy atom. The minimum Gasteiger partial charge on any atom is -0.331 e. The molecule has 0 unspecified atom stereocenters. The Balaban J connectivity index is 1.60. The van der Waals surface area contributed by atoms with Crippen molar-refractivity contribution < 1.29 is 13.2 Å². The molecule has 0 radical (unpaired) electrons. The summed E-state index contributed by atoms with van der Waals surface area (Å²) in [5.41, 5.74) is 1.08. The molecule has 0 saturated carbocycles. The number of amides is 2. The van der Waals surface area contributed by atoms with Gasteiger partial charge in [-0.2, -0.15) is 9.40 Å². The number of nitrogens with zero attached hydrogens (tertiary/aromatic N) is 5. The molecule has 0 aliphatic carbocycles. The first-order valence-corrected chi connectivity index (χ1v) is 14.7. The quantitative estimate of drug-likeness (QED) is 0.397. The fourth-order valence-electron chi connectivity index (χ4n) is 4.37. The highest BCUT2D eigenvalue weighted by molar-refractivity contribution is 7.89. The van der Waals surface area contributed by atoms with Crippen LogP contribution in [-0.2, 0) is 29.5 Å². The number of sulfonamides is 1. The zero-order valence-electron chi connectivity index (χ0n) is 21.7.